The van der Waals surface area contributed by atoms with Crippen molar-refractivity contribution in [2.75, 3.05) is 23.3 Å². The third-order valence-electron chi connectivity index (χ3n) is 4.25. The molecular weight excluding hydrogens is 450 g/mol. The summed E-state index contributed by atoms with van der Waals surface area (Å²) in [6.07, 6.45) is 0. The Morgan fingerprint density at radius 3 is 2.26 bits per heavy atom. The molecule has 3 aromatic carbocycles. The van der Waals surface area contributed by atoms with E-state index in [1.807, 2.05) is 0 Å². The van der Waals surface area contributed by atoms with E-state index >= 15 is 0 Å². The quantitative estimate of drug-likeness (QED) is 0.557. The van der Waals surface area contributed by atoms with E-state index in [0.29, 0.717) is 16.5 Å². The minimum absolute atomic E-state index is 0.0913. The Balaban J connectivity index is 1.61. The highest BCUT2D eigenvalue weighted by atomic mass is 35.5. The number of benzene rings is 3. The first-order valence-corrected chi connectivity index (χ1v) is 10.7. The van der Waals surface area contributed by atoms with E-state index < -0.39 is 27.6 Å². The molecule has 0 aromatic heterocycles. The van der Waals surface area contributed by atoms with Gasteiger partial charge in [0.05, 0.1) is 10.6 Å². The highest BCUT2D eigenvalue weighted by Crippen LogP contribution is 2.25. The Morgan fingerprint density at radius 1 is 1.00 bits per heavy atom. The molecule has 0 aliphatic rings. The number of hydrogen-bond acceptors (Lipinski definition) is 4. The van der Waals surface area contributed by atoms with Crippen molar-refractivity contribution in [1.82, 2.24) is 0 Å². The Labute approximate surface area is 183 Å². The molecule has 0 spiro atoms. The highest BCUT2D eigenvalue weighted by Gasteiger charge is 2.21. The van der Waals surface area contributed by atoms with Crippen LogP contribution in [0.5, 0.6) is 5.75 Å². The number of halogens is 3. The minimum Gasteiger partial charge on any atom is -0.484 e. The molecule has 31 heavy (non-hydrogen) atoms. The summed E-state index contributed by atoms with van der Waals surface area (Å²) in [5, 5.41) is 2.81. The smallest absolute Gasteiger partial charge is 0.264 e. The molecule has 162 valence electrons. The zero-order chi connectivity index (χ0) is 22.6. The molecule has 1 amide bonds. The van der Waals surface area contributed by atoms with Crippen molar-refractivity contribution in [3.05, 3.63) is 83.4 Å². The molecule has 0 heterocycles. The number of rotatable bonds is 7. The van der Waals surface area contributed by atoms with E-state index in [2.05, 4.69) is 5.32 Å². The van der Waals surface area contributed by atoms with Crippen LogP contribution in [0.3, 0.4) is 0 Å². The van der Waals surface area contributed by atoms with Gasteiger partial charge >= 0.3 is 0 Å². The Hall–Kier alpha value is -3.17. The van der Waals surface area contributed by atoms with Crippen LogP contribution in [0, 0.1) is 11.6 Å². The Bertz CT molecular complexity index is 1190. The number of hydrogen-bond donors (Lipinski definition) is 1. The van der Waals surface area contributed by atoms with E-state index in [4.69, 9.17) is 16.3 Å². The summed E-state index contributed by atoms with van der Waals surface area (Å²) in [7, 11) is -2.36. The van der Waals surface area contributed by atoms with Gasteiger partial charge in [-0.1, -0.05) is 11.6 Å². The van der Waals surface area contributed by atoms with Crippen LogP contribution in [0.25, 0.3) is 0 Å². The number of carbonyl (C=O) groups excluding carboxylic acids is 1. The molecule has 0 aliphatic heterocycles. The third-order valence-corrected chi connectivity index (χ3v) is 6.30. The van der Waals surface area contributed by atoms with Crippen molar-refractivity contribution in [2.24, 2.45) is 0 Å². The molecule has 0 saturated heterocycles. The van der Waals surface area contributed by atoms with Gasteiger partial charge in [-0.05, 0) is 60.7 Å². The van der Waals surface area contributed by atoms with Crippen LogP contribution in [-0.2, 0) is 14.8 Å². The fraction of sp³-hybridized carbons (Fsp3) is 0.0952. The molecule has 0 atom stereocenters. The lowest BCUT2D eigenvalue weighted by atomic mass is 10.3. The van der Waals surface area contributed by atoms with E-state index in [0.717, 1.165) is 16.4 Å². The van der Waals surface area contributed by atoms with Gasteiger partial charge in [0.15, 0.2) is 18.2 Å². The second-order valence-corrected chi connectivity index (χ2v) is 8.79. The molecule has 10 heteroatoms. The van der Waals surface area contributed by atoms with Gasteiger partial charge in [-0.25, -0.2) is 17.2 Å². The van der Waals surface area contributed by atoms with Crippen molar-refractivity contribution >= 4 is 38.9 Å². The second-order valence-electron chi connectivity index (χ2n) is 6.39. The van der Waals surface area contributed by atoms with Gasteiger partial charge in [-0.3, -0.25) is 9.10 Å². The van der Waals surface area contributed by atoms with Crippen molar-refractivity contribution < 1.29 is 26.7 Å². The Kier molecular flexibility index (Phi) is 6.77. The lowest BCUT2D eigenvalue weighted by molar-refractivity contribution is -0.118. The molecule has 3 aromatic rings. The number of ether oxygens (including phenoxy) is 1. The van der Waals surface area contributed by atoms with Crippen LogP contribution >= 0.6 is 11.6 Å². The van der Waals surface area contributed by atoms with Crippen LogP contribution in [-0.4, -0.2) is 28.0 Å². The topological polar surface area (TPSA) is 75.7 Å². The van der Waals surface area contributed by atoms with Crippen molar-refractivity contribution in [1.29, 1.82) is 0 Å². The van der Waals surface area contributed by atoms with E-state index in [9.17, 15) is 22.0 Å². The first-order valence-electron chi connectivity index (χ1n) is 8.89. The van der Waals surface area contributed by atoms with Crippen molar-refractivity contribution in [3.63, 3.8) is 0 Å². The van der Waals surface area contributed by atoms with Gasteiger partial charge in [0.2, 0.25) is 0 Å². The van der Waals surface area contributed by atoms with Gasteiger partial charge in [-0.2, -0.15) is 0 Å². The molecule has 3 rings (SSSR count). The average Bonchev–Trinajstić information content (AvgIpc) is 2.75. The van der Waals surface area contributed by atoms with Crippen LogP contribution in [0.2, 0.25) is 5.02 Å². The fourth-order valence-corrected chi connectivity index (χ4v) is 3.90. The van der Waals surface area contributed by atoms with Gasteiger partial charge < -0.3 is 10.1 Å². The summed E-state index contributed by atoms with van der Waals surface area (Å²) >= 11 is 5.80. The number of nitrogens with one attached hydrogen (secondary N) is 1. The molecule has 1 N–H and O–H groups in total. The maximum absolute atomic E-state index is 13.2. The van der Waals surface area contributed by atoms with Crippen LogP contribution in [0.4, 0.5) is 20.2 Å². The molecule has 0 saturated carbocycles. The van der Waals surface area contributed by atoms with E-state index in [-0.39, 0.29) is 17.2 Å². The van der Waals surface area contributed by atoms with Crippen molar-refractivity contribution in [2.45, 2.75) is 4.90 Å². The van der Waals surface area contributed by atoms with Crippen LogP contribution in [0.1, 0.15) is 0 Å². The van der Waals surface area contributed by atoms with Gasteiger partial charge in [0.25, 0.3) is 15.9 Å². The normalized spacial score (nSPS) is 11.1. The molecule has 0 bridgehead atoms. The zero-order valence-electron chi connectivity index (χ0n) is 16.2. The summed E-state index contributed by atoms with van der Waals surface area (Å²) in [5.41, 5.74) is 0.477. The Morgan fingerprint density at radius 2 is 1.65 bits per heavy atom. The van der Waals surface area contributed by atoms with Crippen LogP contribution < -0.4 is 14.4 Å². The number of sulfonamides is 1. The number of carbonyl (C=O) groups is 1. The van der Waals surface area contributed by atoms with Crippen molar-refractivity contribution in [3.8, 4) is 5.75 Å². The van der Waals surface area contributed by atoms with E-state index in [1.165, 1.54) is 61.6 Å². The predicted molar refractivity (Wildman–Crippen MR) is 114 cm³/mol. The average molecular weight is 467 g/mol. The molecule has 0 unspecified atom stereocenters. The maximum atomic E-state index is 13.2. The first-order chi connectivity index (χ1) is 14.7. The third kappa shape index (κ3) is 5.50. The molecule has 6 nitrogen and oxygen atoms in total. The lowest BCUT2D eigenvalue weighted by Crippen LogP contribution is -2.26. The summed E-state index contributed by atoms with van der Waals surface area (Å²) in [6, 6.07) is 14.9. The second kappa shape index (κ2) is 9.32. The number of amides is 1. The molecule has 0 radical (unpaired) electrons. The largest absolute Gasteiger partial charge is 0.484 e. The standard InChI is InChI=1S/C21H17ClF2N2O4S/c1-26(31(28,29)18-9-2-14(22)3-10-18)16-5-7-17(8-6-16)30-13-21(27)25-15-4-11-19(23)20(24)12-15/h2-12H,13H2,1H3,(H,25,27). The molecule has 0 fully saturated rings. The lowest BCUT2D eigenvalue weighted by Gasteiger charge is -2.20. The molecule has 0 aliphatic carbocycles. The summed E-state index contributed by atoms with van der Waals surface area (Å²) < 4.78 is 58.0. The summed E-state index contributed by atoms with van der Waals surface area (Å²) in [4.78, 5) is 12.0. The minimum atomic E-state index is -3.78. The SMILES string of the molecule is CN(c1ccc(OCC(=O)Nc2ccc(F)c(F)c2)cc1)S(=O)(=O)c1ccc(Cl)cc1. The first kappa shape index (κ1) is 22.5. The predicted octanol–water partition coefficient (Wildman–Crippen LogP) is 4.46. The highest BCUT2D eigenvalue weighted by molar-refractivity contribution is 7.92. The maximum Gasteiger partial charge on any atom is 0.264 e. The van der Waals surface area contributed by atoms with Gasteiger partial charge in [0.1, 0.15) is 5.75 Å². The van der Waals surface area contributed by atoms with Crippen LogP contribution in [0.15, 0.2) is 71.6 Å². The fourth-order valence-electron chi connectivity index (χ4n) is 2.58. The number of nitrogens with zero attached hydrogens (tertiary/aromatic N) is 1. The van der Waals surface area contributed by atoms with Gasteiger partial charge in [-0.15, -0.1) is 0 Å². The summed E-state index contributed by atoms with van der Waals surface area (Å²) in [5.74, 6) is -2.34. The van der Waals surface area contributed by atoms with Gasteiger partial charge in [0, 0.05) is 23.8 Å². The monoisotopic (exact) mass is 466 g/mol. The number of anilines is 2. The zero-order valence-corrected chi connectivity index (χ0v) is 17.8. The summed E-state index contributed by atoms with van der Waals surface area (Å²) in [6.45, 7) is -0.378. The molecular formula is C21H17ClF2N2O4S. The van der Waals surface area contributed by atoms with E-state index in [1.54, 1.807) is 0 Å².